The molecule has 31 heavy (non-hydrogen) atoms. The standard InChI is InChI=1S/C22H24ClN3O5/c1-29-18-7-6-15(23)12-16(18)24-21(27)14-26-13-20(22(28)25-8-10-30-11-9-25)31-19-5-3-2-4-17(19)26/h2-7,12,20H,8-11,13-14H2,1H3,(H,24,27)/t20-/m1/s1. The van der Waals surface area contributed by atoms with Crippen LogP contribution in [-0.2, 0) is 14.3 Å². The molecule has 2 aromatic carbocycles. The molecule has 9 heteroatoms. The van der Waals surface area contributed by atoms with Gasteiger partial charge in [0.25, 0.3) is 5.91 Å². The maximum Gasteiger partial charge on any atom is 0.265 e. The Labute approximate surface area is 185 Å². The summed E-state index contributed by atoms with van der Waals surface area (Å²) in [6.45, 7) is 2.42. The lowest BCUT2D eigenvalue weighted by atomic mass is 10.1. The van der Waals surface area contributed by atoms with Gasteiger partial charge in [0.15, 0.2) is 6.10 Å². The Bertz CT molecular complexity index is 964. The third kappa shape index (κ3) is 4.86. The number of benzene rings is 2. The minimum atomic E-state index is -0.693. The lowest BCUT2D eigenvalue weighted by molar-refractivity contribution is -0.142. The molecule has 0 saturated carbocycles. The Balaban J connectivity index is 1.50. The van der Waals surface area contributed by atoms with Gasteiger partial charge in [0.1, 0.15) is 11.5 Å². The zero-order chi connectivity index (χ0) is 21.8. The van der Waals surface area contributed by atoms with Gasteiger partial charge in [-0.15, -0.1) is 0 Å². The number of carbonyl (C=O) groups is 2. The summed E-state index contributed by atoms with van der Waals surface area (Å²) in [6.07, 6.45) is -0.693. The maximum absolute atomic E-state index is 13.0. The molecule has 8 nitrogen and oxygen atoms in total. The van der Waals surface area contributed by atoms with Gasteiger partial charge < -0.3 is 29.3 Å². The van der Waals surface area contributed by atoms with Crippen LogP contribution in [0.5, 0.6) is 11.5 Å². The number of hydrogen-bond acceptors (Lipinski definition) is 6. The van der Waals surface area contributed by atoms with Gasteiger partial charge in [-0.1, -0.05) is 23.7 Å². The molecule has 0 radical (unpaired) electrons. The summed E-state index contributed by atoms with van der Waals surface area (Å²) in [6, 6.07) is 12.4. The molecule has 0 spiro atoms. The number of nitrogens with one attached hydrogen (secondary N) is 1. The molecule has 4 rings (SSSR count). The molecule has 2 aliphatic heterocycles. The van der Waals surface area contributed by atoms with Crippen LogP contribution in [-0.4, -0.2) is 69.3 Å². The fourth-order valence-electron chi connectivity index (χ4n) is 3.71. The third-order valence-corrected chi connectivity index (χ3v) is 5.46. The molecular formula is C22H24ClN3O5. The molecule has 0 aliphatic carbocycles. The Kier molecular flexibility index (Phi) is 6.48. The van der Waals surface area contributed by atoms with Crippen LogP contribution >= 0.6 is 11.6 Å². The van der Waals surface area contributed by atoms with Crippen molar-refractivity contribution in [1.29, 1.82) is 0 Å². The molecule has 0 aromatic heterocycles. The van der Waals surface area contributed by atoms with Crippen LogP contribution in [0, 0.1) is 0 Å². The molecule has 1 N–H and O–H groups in total. The summed E-state index contributed by atoms with van der Waals surface area (Å²) in [7, 11) is 1.53. The van der Waals surface area contributed by atoms with Crippen LogP contribution in [0.25, 0.3) is 0 Å². The van der Waals surface area contributed by atoms with Gasteiger partial charge in [0.2, 0.25) is 5.91 Å². The van der Waals surface area contributed by atoms with Crippen molar-refractivity contribution in [2.45, 2.75) is 6.10 Å². The Hall–Kier alpha value is -2.97. The van der Waals surface area contributed by atoms with E-state index in [0.29, 0.717) is 48.5 Å². The second-order valence-electron chi connectivity index (χ2n) is 7.29. The van der Waals surface area contributed by atoms with Crippen molar-refractivity contribution in [3.05, 3.63) is 47.5 Å². The van der Waals surface area contributed by atoms with E-state index >= 15 is 0 Å². The number of hydrogen-bond donors (Lipinski definition) is 1. The number of nitrogens with zero attached hydrogens (tertiary/aromatic N) is 2. The lowest BCUT2D eigenvalue weighted by Crippen LogP contribution is -2.53. The molecule has 2 amide bonds. The van der Waals surface area contributed by atoms with Crippen molar-refractivity contribution in [2.75, 3.05) is 56.7 Å². The van der Waals surface area contributed by atoms with Gasteiger partial charge in [-0.05, 0) is 30.3 Å². The third-order valence-electron chi connectivity index (χ3n) is 5.23. The van der Waals surface area contributed by atoms with Gasteiger partial charge in [0.05, 0.1) is 44.8 Å². The van der Waals surface area contributed by atoms with Gasteiger partial charge >= 0.3 is 0 Å². The predicted molar refractivity (Wildman–Crippen MR) is 117 cm³/mol. The first-order valence-corrected chi connectivity index (χ1v) is 10.4. The van der Waals surface area contributed by atoms with E-state index in [0.717, 1.165) is 5.69 Å². The molecule has 2 aliphatic rings. The maximum atomic E-state index is 13.0. The van der Waals surface area contributed by atoms with Gasteiger partial charge in [-0.3, -0.25) is 9.59 Å². The zero-order valence-corrected chi connectivity index (χ0v) is 17.9. The number of carbonyl (C=O) groups excluding carboxylic acids is 2. The van der Waals surface area contributed by atoms with Gasteiger partial charge in [0, 0.05) is 18.1 Å². The number of rotatable bonds is 5. The molecule has 1 fully saturated rings. The van der Waals surface area contributed by atoms with E-state index in [1.54, 1.807) is 29.2 Å². The number of amides is 2. The summed E-state index contributed by atoms with van der Waals surface area (Å²) >= 11 is 6.06. The quantitative estimate of drug-likeness (QED) is 0.761. The van der Waals surface area contributed by atoms with Crippen molar-refractivity contribution in [3.63, 3.8) is 0 Å². The molecular weight excluding hydrogens is 422 g/mol. The van der Waals surface area contributed by atoms with Crippen molar-refractivity contribution in [3.8, 4) is 11.5 Å². The number of morpholine rings is 1. The fraction of sp³-hybridized carbons (Fsp3) is 0.364. The number of ether oxygens (including phenoxy) is 3. The Morgan fingerprint density at radius 3 is 2.74 bits per heavy atom. The monoisotopic (exact) mass is 445 g/mol. The highest BCUT2D eigenvalue weighted by atomic mass is 35.5. The van der Waals surface area contributed by atoms with Crippen molar-refractivity contribution in [2.24, 2.45) is 0 Å². The van der Waals surface area contributed by atoms with E-state index in [9.17, 15) is 9.59 Å². The highest BCUT2D eigenvalue weighted by Crippen LogP contribution is 2.34. The number of para-hydroxylation sites is 2. The van der Waals surface area contributed by atoms with Crippen LogP contribution in [0.4, 0.5) is 11.4 Å². The molecule has 1 atom stereocenters. The number of fused-ring (bicyclic) bond motifs is 1. The highest BCUT2D eigenvalue weighted by Gasteiger charge is 2.34. The van der Waals surface area contributed by atoms with Crippen molar-refractivity contribution >= 4 is 34.8 Å². The first-order chi connectivity index (χ1) is 15.0. The molecule has 0 unspecified atom stereocenters. The Morgan fingerprint density at radius 1 is 1.19 bits per heavy atom. The number of methoxy groups -OCH3 is 1. The molecule has 2 aromatic rings. The van der Waals surface area contributed by atoms with Crippen LogP contribution in [0.2, 0.25) is 5.02 Å². The SMILES string of the molecule is COc1ccc(Cl)cc1NC(=O)CN1C[C@H](C(=O)N2CCOCC2)Oc2ccccc21. The zero-order valence-electron chi connectivity index (χ0n) is 17.2. The first-order valence-electron chi connectivity index (χ1n) is 10.1. The first kappa shape index (κ1) is 21.3. The van der Waals surface area contributed by atoms with Crippen LogP contribution < -0.4 is 19.7 Å². The van der Waals surface area contributed by atoms with Gasteiger partial charge in [-0.2, -0.15) is 0 Å². The summed E-state index contributed by atoms with van der Waals surface area (Å²) < 4.78 is 16.6. The average Bonchev–Trinajstić information content (AvgIpc) is 2.79. The minimum absolute atomic E-state index is 0.0446. The normalized spacial score (nSPS) is 18.1. The van der Waals surface area contributed by atoms with Crippen LogP contribution in [0.3, 0.4) is 0 Å². The average molecular weight is 446 g/mol. The largest absolute Gasteiger partial charge is 0.495 e. The summed E-state index contributed by atoms with van der Waals surface area (Å²) in [5.74, 6) is 0.739. The highest BCUT2D eigenvalue weighted by molar-refractivity contribution is 6.31. The van der Waals surface area contributed by atoms with Crippen molar-refractivity contribution < 1.29 is 23.8 Å². The number of anilines is 2. The fourth-order valence-corrected chi connectivity index (χ4v) is 3.89. The smallest absolute Gasteiger partial charge is 0.265 e. The van der Waals surface area contributed by atoms with Crippen LogP contribution in [0.15, 0.2) is 42.5 Å². The summed E-state index contributed by atoms with van der Waals surface area (Å²) in [5, 5.41) is 3.33. The number of halogens is 1. The molecule has 1 saturated heterocycles. The summed E-state index contributed by atoms with van der Waals surface area (Å²) in [4.78, 5) is 29.4. The van der Waals surface area contributed by atoms with E-state index in [2.05, 4.69) is 5.32 Å². The predicted octanol–water partition coefficient (Wildman–Crippen LogP) is 2.41. The van der Waals surface area contributed by atoms with E-state index in [4.69, 9.17) is 25.8 Å². The van der Waals surface area contributed by atoms with E-state index < -0.39 is 6.10 Å². The minimum Gasteiger partial charge on any atom is -0.495 e. The van der Waals surface area contributed by atoms with Gasteiger partial charge in [-0.25, -0.2) is 0 Å². The molecule has 164 valence electrons. The van der Waals surface area contributed by atoms with Crippen LogP contribution in [0.1, 0.15) is 0 Å². The molecule has 2 heterocycles. The second-order valence-corrected chi connectivity index (χ2v) is 7.72. The lowest BCUT2D eigenvalue weighted by Gasteiger charge is -2.38. The molecule has 0 bridgehead atoms. The Morgan fingerprint density at radius 2 is 1.97 bits per heavy atom. The van der Waals surface area contributed by atoms with E-state index in [1.165, 1.54) is 7.11 Å². The van der Waals surface area contributed by atoms with E-state index in [1.807, 2.05) is 23.1 Å². The van der Waals surface area contributed by atoms with E-state index in [-0.39, 0.29) is 24.9 Å². The topological polar surface area (TPSA) is 80.3 Å². The van der Waals surface area contributed by atoms with Crippen molar-refractivity contribution in [1.82, 2.24) is 4.90 Å². The summed E-state index contributed by atoms with van der Waals surface area (Å²) in [5.41, 5.74) is 1.25. The second kappa shape index (κ2) is 9.45.